The quantitative estimate of drug-likeness (QED) is 0.0234. The third kappa shape index (κ3) is 210. The molecule has 684 valence electrons. The van der Waals surface area contributed by atoms with Crippen LogP contribution >= 0.6 is 11.8 Å². The third-order valence-electron chi connectivity index (χ3n) is 12.9. The number of benzene rings is 3. The highest BCUT2D eigenvalue weighted by atomic mass is 32.2. The fourth-order valence-electron chi connectivity index (χ4n) is 5.57. The zero-order valence-corrected chi connectivity index (χ0v) is 85.1. The topological polar surface area (TPSA) is 232 Å². The van der Waals surface area contributed by atoms with Gasteiger partial charge in [0.05, 0.1) is 6.33 Å². The van der Waals surface area contributed by atoms with Gasteiger partial charge in [-0.2, -0.15) is 11.8 Å². The first kappa shape index (κ1) is 147. The summed E-state index contributed by atoms with van der Waals surface area (Å²) in [5.74, 6) is 5.73. The molecule has 0 bridgehead atoms. The van der Waals surface area contributed by atoms with Gasteiger partial charge in [0, 0.05) is 80.2 Å². The molecule has 0 saturated heterocycles. The molecule has 0 fully saturated rings. The zero-order chi connectivity index (χ0) is 93.6. The van der Waals surface area contributed by atoms with Crippen LogP contribution in [-0.4, -0.2) is 85.4 Å². The molecule has 0 aliphatic carbocycles. The SMILES string of the molecule is CC.CC.CC(C)C.CC(C)O.CCC.CCC.CCC(C)=O.CCC(C)=O.CCC(C)=O.CCC(C)C.CCC(C)C.CCCC(C)=O.CCCC(C)=O.CCCC(C)=O.CCCCCC.CCCCN=C(N)N.CCCSC.CCc1c[nH]c2ccccc12.CCc1ccc(C)cc1.CCc1ccccc1.CCc1cnc[nH]1. The first-order valence-corrected chi connectivity index (χ1v) is 46.4. The summed E-state index contributed by atoms with van der Waals surface area (Å²) in [6.45, 7) is 81.1. The van der Waals surface area contributed by atoms with Crippen molar-refractivity contribution in [3.05, 3.63) is 126 Å². The molecule has 13 nitrogen and oxygen atoms in total. The van der Waals surface area contributed by atoms with Gasteiger partial charge >= 0.3 is 0 Å². The molecule has 115 heavy (non-hydrogen) atoms. The number of thioether (sulfide) groups is 1. The van der Waals surface area contributed by atoms with E-state index in [4.69, 9.17) is 16.6 Å². The van der Waals surface area contributed by atoms with Crippen molar-refractivity contribution < 1.29 is 33.9 Å². The molecule has 0 atom stereocenters. The van der Waals surface area contributed by atoms with Crippen LogP contribution in [0.25, 0.3) is 10.9 Å². The number of hydrogen-bond donors (Lipinski definition) is 5. The average Bonchev–Trinajstić information content (AvgIpc) is 1.70. The van der Waals surface area contributed by atoms with Crippen LogP contribution in [0.1, 0.15) is 426 Å². The molecule has 14 heteroatoms. The lowest BCUT2D eigenvalue weighted by molar-refractivity contribution is -0.117. The average molecular weight is 1640 g/mol. The van der Waals surface area contributed by atoms with Crippen LogP contribution in [0.5, 0.6) is 0 Å². The Morgan fingerprint density at radius 2 is 0.757 bits per heavy atom. The van der Waals surface area contributed by atoms with Gasteiger partial charge in [0.2, 0.25) is 0 Å². The number of unbranched alkanes of at least 4 members (excludes halogenated alkanes) is 4. The highest BCUT2D eigenvalue weighted by Gasteiger charge is 1.98. The van der Waals surface area contributed by atoms with E-state index in [2.05, 4.69) is 258 Å². The maximum absolute atomic E-state index is 10.0. The van der Waals surface area contributed by atoms with Gasteiger partial charge in [-0.3, -0.25) is 4.99 Å². The lowest BCUT2D eigenvalue weighted by Gasteiger charge is -1.94. The number of guanidine groups is 1. The molecule has 0 radical (unpaired) electrons. The van der Waals surface area contributed by atoms with Gasteiger partial charge < -0.3 is 55.3 Å². The highest BCUT2D eigenvalue weighted by Crippen LogP contribution is 2.17. The standard InChI is InChI=1S/C10H11N.C9H12.C8H10.C6H14.C5H13N3.C5H8N2.3C5H10O.2C5H12.3C4H8O.C4H10S.C4H10.C3H8O.2C3H8.2C2H6/c1-2-8-7-11-10-6-4-3-5-9(8)10;1-3-9-6-4-8(2)5-7-9;1-2-8-6-4-3-5-7-8;1-3-5-6-4-2;1-2-3-4-8-5(6)7;1-2-5-3-6-4-7-5;3*1-3-4-5(2)6;2*1-4-5(2)3;3*1-3-4(2)5;1-3-4-5-2;1-4(2)3;1-3(2)4;2*1-3-2;2*1-2/h3-7,11H,2H2,1H3;4-7H,3H2,1-2H3;3-7H,2H2,1H3;3-6H2,1-2H3;2-4H2,1H3,(H4,6,7,8);3-4H,2H2,1H3,(H,6,7);3*3-4H2,1-2H3;2*5H,4H2,1-3H3;3*3H2,1-2H3;3-4H2,1-2H3;4H,1-3H3;3-4H,1-2H3;2*3H2,1-2H3;2*1-2H3. The van der Waals surface area contributed by atoms with Crippen molar-refractivity contribution >= 4 is 63.3 Å². The summed E-state index contributed by atoms with van der Waals surface area (Å²) < 4.78 is 0. The number of imidazole rings is 1. The molecule has 0 unspecified atom stereocenters. The predicted octanol–water partition coefficient (Wildman–Crippen LogP) is 31.0. The van der Waals surface area contributed by atoms with E-state index < -0.39 is 0 Å². The Morgan fingerprint density at radius 3 is 0.948 bits per heavy atom. The number of aryl methyl sites for hydroxylation is 5. The van der Waals surface area contributed by atoms with Crippen molar-refractivity contribution in [3.63, 3.8) is 0 Å². The van der Waals surface area contributed by atoms with E-state index in [-0.39, 0.29) is 46.8 Å². The summed E-state index contributed by atoms with van der Waals surface area (Å²) >= 11 is 1.90. The number of aliphatic hydroxyl groups is 1. The molecule has 0 aliphatic heterocycles. The Morgan fingerprint density at radius 1 is 0.443 bits per heavy atom. The van der Waals surface area contributed by atoms with Crippen LogP contribution in [0, 0.1) is 24.7 Å². The number of aliphatic imine (C=N–C) groups is 1. The van der Waals surface area contributed by atoms with Crippen LogP contribution in [0.4, 0.5) is 0 Å². The zero-order valence-electron chi connectivity index (χ0n) is 84.3. The molecular weight excluding hydrogens is 1440 g/mol. The highest BCUT2D eigenvalue weighted by molar-refractivity contribution is 7.98. The Hall–Kier alpha value is -5.99. The van der Waals surface area contributed by atoms with Crippen LogP contribution in [0.3, 0.4) is 0 Å². The van der Waals surface area contributed by atoms with Crippen LogP contribution < -0.4 is 11.5 Å². The Balaban J connectivity index is -0.0000000647. The van der Waals surface area contributed by atoms with Crippen molar-refractivity contribution in [2.75, 3.05) is 18.6 Å². The van der Waals surface area contributed by atoms with Gasteiger partial charge in [0.25, 0.3) is 0 Å². The first-order valence-electron chi connectivity index (χ1n) is 45.0. The van der Waals surface area contributed by atoms with Crippen molar-refractivity contribution in [1.82, 2.24) is 15.0 Å². The minimum Gasteiger partial charge on any atom is -0.394 e. The fourth-order valence-corrected chi connectivity index (χ4v) is 5.97. The van der Waals surface area contributed by atoms with E-state index >= 15 is 0 Å². The number of aromatic amines is 2. The van der Waals surface area contributed by atoms with E-state index in [1.165, 1.54) is 102 Å². The largest absolute Gasteiger partial charge is 0.394 e. The summed E-state index contributed by atoms with van der Waals surface area (Å²) in [5.41, 5.74) is 18.1. The number of aliphatic hydroxyl groups excluding tert-OH is 1. The normalized spacial score (nSPS) is 8.57. The van der Waals surface area contributed by atoms with E-state index in [0.717, 1.165) is 101 Å². The second kappa shape index (κ2) is 137. The van der Waals surface area contributed by atoms with Crippen LogP contribution in [0.2, 0.25) is 0 Å². The molecule has 7 N–H and O–H groups in total. The van der Waals surface area contributed by atoms with Gasteiger partial charge in [-0.1, -0.05) is 351 Å². The number of nitrogens with zero attached hydrogens (tertiary/aromatic N) is 2. The molecule has 5 rings (SSSR count). The summed E-state index contributed by atoms with van der Waals surface area (Å²) in [7, 11) is 0. The number of carbonyl (C=O) groups excluding carboxylic acids is 6. The molecular formula is C101H202N6O7S. The van der Waals surface area contributed by atoms with E-state index in [1.807, 2.05) is 93.3 Å². The molecule has 3 aromatic carbocycles. The molecule has 0 spiro atoms. The molecule has 0 aliphatic rings. The number of ketones is 6. The molecule has 2 aromatic heterocycles. The number of para-hydroxylation sites is 1. The molecule has 0 saturated carbocycles. The van der Waals surface area contributed by atoms with Gasteiger partial charge in [-0.25, -0.2) is 4.98 Å². The number of nitrogens with two attached hydrogens (primary N) is 2. The number of H-pyrrole nitrogens is 2. The summed E-state index contributed by atoms with van der Waals surface area (Å²) in [5, 5.41) is 9.41. The number of carbonyl (C=O) groups is 6. The maximum atomic E-state index is 10.0. The van der Waals surface area contributed by atoms with Gasteiger partial charge in [-0.15, -0.1) is 0 Å². The van der Waals surface area contributed by atoms with Crippen molar-refractivity contribution in [1.29, 1.82) is 0 Å². The lowest BCUT2D eigenvalue weighted by atomic mass is 10.1. The Bertz CT molecular complexity index is 2440. The van der Waals surface area contributed by atoms with Crippen LogP contribution in [0.15, 0.2) is 103 Å². The second-order valence-electron chi connectivity index (χ2n) is 28.0. The molecule has 2 heterocycles. The predicted molar refractivity (Wildman–Crippen MR) is 529 cm³/mol. The smallest absolute Gasteiger partial charge is 0.185 e. The Kier molecular flexibility index (Phi) is 175. The van der Waals surface area contributed by atoms with Crippen molar-refractivity contribution in [3.8, 4) is 0 Å². The van der Waals surface area contributed by atoms with Gasteiger partial charge in [0.1, 0.15) is 34.7 Å². The van der Waals surface area contributed by atoms with Gasteiger partial charge in [0.15, 0.2) is 5.96 Å². The minimum absolute atomic E-state index is 0.167. The van der Waals surface area contributed by atoms with E-state index in [9.17, 15) is 28.8 Å². The first-order chi connectivity index (χ1) is 54.2. The number of nitrogens with one attached hydrogen (secondary N) is 2. The molecule has 0 amide bonds. The summed E-state index contributed by atoms with van der Waals surface area (Å²) in [6.07, 6.45) is 33.3. The fraction of sp³-hybridized carbons (Fsp3) is 0.703. The lowest BCUT2D eigenvalue weighted by Crippen LogP contribution is -2.22. The maximum Gasteiger partial charge on any atom is 0.185 e. The second-order valence-corrected chi connectivity index (χ2v) is 29.0. The van der Waals surface area contributed by atoms with E-state index in [1.54, 1.807) is 61.7 Å². The summed E-state index contributed by atoms with van der Waals surface area (Å²) in [4.78, 5) is 73.4. The number of fused-ring (bicyclic) bond motifs is 1. The van der Waals surface area contributed by atoms with Gasteiger partial charge in [-0.05, 0) is 173 Å². The third-order valence-corrected chi connectivity index (χ3v) is 13.7. The number of rotatable bonds is 23. The monoisotopic (exact) mass is 1640 g/mol. The summed E-state index contributed by atoms with van der Waals surface area (Å²) in [6, 6.07) is 27.5. The van der Waals surface area contributed by atoms with Crippen molar-refractivity contribution in [2.45, 2.75) is 437 Å². The van der Waals surface area contributed by atoms with E-state index in [0.29, 0.717) is 19.3 Å². The number of hydrogen-bond acceptors (Lipinski definition) is 10. The van der Waals surface area contributed by atoms with Crippen molar-refractivity contribution in [2.24, 2.45) is 34.2 Å². The Labute approximate surface area is 723 Å². The minimum atomic E-state index is -0.167. The number of aromatic nitrogens is 3. The van der Waals surface area contributed by atoms with Crippen LogP contribution in [-0.2, 0) is 54.5 Å². The molecule has 5 aromatic rings. The number of Topliss-reactive ketones (excluding diaryl/α,β-unsaturated/α-hetero) is 6.